The molecule has 1 aromatic rings. The maximum atomic E-state index is 12.6. The van der Waals surface area contributed by atoms with E-state index < -0.39 is 5.97 Å². The number of likely N-dealkylation sites (tertiary alicyclic amines) is 1. The number of carbonyl (C=O) groups excluding carboxylic acids is 1. The SMILES string of the molecule is NCCc1nc(C(=O)N2CCCCC2CCC(=O)O)cs1. The van der Waals surface area contributed by atoms with Gasteiger partial charge in [-0.2, -0.15) is 0 Å². The van der Waals surface area contributed by atoms with Crippen molar-refractivity contribution >= 4 is 23.2 Å². The Labute approximate surface area is 128 Å². The zero-order valence-corrected chi connectivity index (χ0v) is 12.8. The van der Waals surface area contributed by atoms with Gasteiger partial charge in [0, 0.05) is 30.8 Å². The molecule has 1 aromatic heterocycles. The summed E-state index contributed by atoms with van der Waals surface area (Å²) in [6.07, 6.45) is 4.18. The lowest BCUT2D eigenvalue weighted by Gasteiger charge is -2.35. The number of aliphatic carboxylic acids is 1. The Hall–Kier alpha value is -1.47. The molecule has 1 aliphatic heterocycles. The average molecular weight is 311 g/mol. The van der Waals surface area contributed by atoms with Crippen molar-refractivity contribution in [2.24, 2.45) is 5.73 Å². The van der Waals surface area contributed by atoms with Gasteiger partial charge in [0.15, 0.2) is 0 Å². The van der Waals surface area contributed by atoms with E-state index in [0.29, 0.717) is 31.6 Å². The van der Waals surface area contributed by atoms with E-state index in [-0.39, 0.29) is 18.4 Å². The number of nitrogens with two attached hydrogens (primary N) is 1. The number of thiazole rings is 1. The molecule has 0 radical (unpaired) electrons. The highest BCUT2D eigenvalue weighted by Gasteiger charge is 2.28. The molecule has 116 valence electrons. The molecule has 6 nitrogen and oxygen atoms in total. The highest BCUT2D eigenvalue weighted by Crippen LogP contribution is 2.23. The van der Waals surface area contributed by atoms with Crippen LogP contribution in [0.2, 0.25) is 0 Å². The topological polar surface area (TPSA) is 96.5 Å². The Kier molecular flexibility index (Phi) is 5.69. The van der Waals surface area contributed by atoms with Crippen molar-refractivity contribution in [1.29, 1.82) is 0 Å². The second-order valence-electron chi connectivity index (χ2n) is 5.25. The predicted molar refractivity (Wildman–Crippen MR) is 80.4 cm³/mol. The molecule has 1 unspecified atom stereocenters. The van der Waals surface area contributed by atoms with Crippen LogP contribution < -0.4 is 5.73 Å². The molecule has 0 saturated carbocycles. The molecule has 1 fully saturated rings. The van der Waals surface area contributed by atoms with Crippen molar-refractivity contribution in [2.75, 3.05) is 13.1 Å². The van der Waals surface area contributed by atoms with Crippen molar-refractivity contribution in [3.63, 3.8) is 0 Å². The highest BCUT2D eigenvalue weighted by atomic mass is 32.1. The second kappa shape index (κ2) is 7.51. The van der Waals surface area contributed by atoms with Gasteiger partial charge in [0.1, 0.15) is 5.69 Å². The third-order valence-corrected chi connectivity index (χ3v) is 4.62. The van der Waals surface area contributed by atoms with E-state index in [0.717, 1.165) is 24.3 Å². The minimum atomic E-state index is -0.813. The molecule has 2 heterocycles. The first-order valence-corrected chi connectivity index (χ1v) is 8.17. The van der Waals surface area contributed by atoms with Gasteiger partial charge in [-0.3, -0.25) is 9.59 Å². The fourth-order valence-corrected chi connectivity index (χ4v) is 3.44. The average Bonchev–Trinajstić information content (AvgIpc) is 2.94. The minimum Gasteiger partial charge on any atom is -0.481 e. The summed E-state index contributed by atoms with van der Waals surface area (Å²) in [7, 11) is 0. The van der Waals surface area contributed by atoms with Crippen LogP contribution in [0, 0.1) is 0 Å². The van der Waals surface area contributed by atoms with Crippen LogP contribution in [-0.2, 0) is 11.2 Å². The largest absolute Gasteiger partial charge is 0.481 e. The number of hydrogen-bond donors (Lipinski definition) is 2. The van der Waals surface area contributed by atoms with Gasteiger partial charge in [0.25, 0.3) is 5.91 Å². The van der Waals surface area contributed by atoms with E-state index in [1.54, 1.807) is 10.3 Å². The monoisotopic (exact) mass is 311 g/mol. The Morgan fingerprint density at radius 2 is 2.29 bits per heavy atom. The van der Waals surface area contributed by atoms with Gasteiger partial charge in [-0.1, -0.05) is 0 Å². The maximum Gasteiger partial charge on any atom is 0.303 e. The van der Waals surface area contributed by atoms with Crippen molar-refractivity contribution in [3.8, 4) is 0 Å². The third kappa shape index (κ3) is 4.25. The van der Waals surface area contributed by atoms with Gasteiger partial charge < -0.3 is 15.7 Å². The number of hydrogen-bond acceptors (Lipinski definition) is 5. The molecule has 1 amide bonds. The summed E-state index contributed by atoms with van der Waals surface area (Å²) < 4.78 is 0. The summed E-state index contributed by atoms with van der Waals surface area (Å²) in [4.78, 5) is 29.4. The molecular formula is C14H21N3O3S. The molecule has 0 aliphatic carbocycles. The number of carbonyl (C=O) groups is 2. The minimum absolute atomic E-state index is 0.0157. The summed E-state index contributed by atoms with van der Waals surface area (Å²) in [5, 5.41) is 11.5. The lowest BCUT2D eigenvalue weighted by molar-refractivity contribution is -0.137. The first-order chi connectivity index (χ1) is 10.1. The lowest BCUT2D eigenvalue weighted by atomic mass is 9.97. The van der Waals surface area contributed by atoms with E-state index in [2.05, 4.69) is 4.98 Å². The molecule has 21 heavy (non-hydrogen) atoms. The molecule has 2 rings (SSSR count). The molecular weight excluding hydrogens is 290 g/mol. The molecule has 0 spiro atoms. The standard InChI is InChI=1S/C14H21N3O3S/c15-7-6-12-16-11(9-21-12)14(20)17-8-2-1-3-10(17)4-5-13(18)19/h9-10H,1-8,15H2,(H,18,19). The number of aromatic nitrogens is 1. The number of piperidine rings is 1. The van der Waals surface area contributed by atoms with Crippen molar-refractivity contribution < 1.29 is 14.7 Å². The van der Waals surface area contributed by atoms with Gasteiger partial charge in [-0.25, -0.2) is 4.98 Å². The Morgan fingerprint density at radius 1 is 1.48 bits per heavy atom. The quantitative estimate of drug-likeness (QED) is 0.830. The number of amides is 1. The Balaban J connectivity index is 2.04. The fraction of sp³-hybridized carbons (Fsp3) is 0.643. The predicted octanol–water partition coefficient (Wildman–Crippen LogP) is 1.50. The molecule has 1 atom stereocenters. The first-order valence-electron chi connectivity index (χ1n) is 7.29. The van der Waals surface area contributed by atoms with Crippen LogP contribution in [0.5, 0.6) is 0 Å². The van der Waals surface area contributed by atoms with Gasteiger partial charge >= 0.3 is 5.97 Å². The van der Waals surface area contributed by atoms with Crippen molar-refractivity contribution in [1.82, 2.24) is 9.88 Å². The van der Waals surface area contributed by atoms with Gasteiger partial charge in [-0.15, -0.1) is 11.3 Å². The van der Waals surface area contributed by atoms with E-state index in [9.17, 15) is 9.59 Å². The van der Waals surface area contributed by atoms with E-state index in [4.69, 9.17) is 10.8 Å². The van der Waals surface area contributed by atoms with Gasteiger partial charge in [0.05, 0.1) is 5.01 Å². The summed E-state index contributed by atoms with van der Waals surface area (Å²) in [5.74, 6) is -0.892. The van der Waals surface area contributed by atoms with E-state index >= 15 is 0 Å². The maximum absolute atomic E-state index is 12.6. The molecule has 7 heteroatoms. The van der Waals surface area contributed by atoms with Gasteiger partial charge in [-0.05, 0) is 32.2 Å². The Bertz CT molecular complexity index is 503. The first kappa shape index (κ1) is 15.9. The zero-order valence-electron chi connectivity index (χ0n) is 12.0. The van der Waals surface area contributed by atoms with E-state index in [1.807, 2.05) is 0 Å². The molecule has 0 aromatic carbocycles. The van der Waals surface area contributed by atoms with Crippen molar-refractivity contribution in [3.05, 3.63) is 16.1 Å². The van der Waals surface area contributed by atoms with Crippen molar-refractivity contribution in [2.45, 2.75) is 44.6 Å². The van der Waals surface area contributed by atoms with Crippen LogP contribution in [0.3, 0.4) is 0 Å². The summed E-state index contributed by atoms with van der Waals surface area (Å²) in [6, 6.07) is 0.0157. The normalized spacial score (nSPS) is 18.7. The number of rotatable bonds is 6. The molecule has 1 aliphatic rings. The number of carboxylic acids is 1. The summed E-state index contributed by atoms with van der Waals surface area (Å²) in [6.45, 7) is 1.21. The van der Waals surface area contributed by atoms with Crippen LogP contribution >= 0.6 is 11.3 Å². The molecule has 1 saturated heterocycles. The lowest BCUT2D eigenvalue weighted by Crippen LogP contribution is -2.44. The van der Waals surface area contributed by atoms with Gasteiger partial charge in [0.2, 0.25) is 0 Å². The molecule has 0 bridgehead atoms. The summed E-state index contributed by atoms with van der Waals surface area (Å²) >= 11 is 1.45. The van der Waals surface area contributed by atoms with Crippen LogP contribution in [0.15, 0.2) is 5.38 Å². The molecule has 3 N–H and O–H groups in total. The second-order valence-corrected chi connectivity index (χ2v) is 6.19. The fourth-order valence-electron chi connectivity index (χ4n) is 2.65. The number of nitrogens with zero attached hydrogens (tertiary/aromatic N) is 2. The van der Waals surface area contributed by atoms with Crippen LogP contribution in [0.4, 0.5) is 0 Å². The Morgan fingerprint density at radius 3 is 3.00 bits per heavy atom. The highest BCUT2D eigenvalue weighted by molar-refractivity contribution is 7.09. The number of carboxylic acid groups (broad SMARTS) is 1. The smallest absolute Gasteiger partial charge is 0.303 e. The van der Waals surface area contributed by atoms with Crippen LogP contribution in [-0.4, -0.2) is 46.0 Å². The summed E-state index contributed by atoms with van der Waals surface area (Å²) in [5.41, 5.74) is 5.96. The zero-order chi connectivity index (χ0) is 15.2. The van der Waals surface area contributed by atoms with E-state index in [1.165, 1.54) is 11.3 Å². The third-order valence-electron chi connectivity index (χ3n) is 3.71. The van der Waals surface area contributed by atoms with Crippen LogP contribution in [0.25, 0.3) is 0 Å². The van der Waals surface area contributed by atoms with Crippen LogP contribution in [0.1, 0.15) is 47.6 Å².